The third-order valence-corrected chi connectivity index (χ3v) is 8.30. The van der Waals surface area contributed by atoms with Crippen LogP contribution < -0.4 is 30.2 Å². The molecule has 5 rings (SSSR count). The molecule has 2 heterocycles. The lowest BCUT2D eigenvalue weighted by molar-refractivity contribution is 0.0368. The summed E-state index contributed by atoms with van der Waals surface area (Å²) < 4.78 is 17.3. The Bertz CT molecular complexity index is 1330. The van der Waals surface area contributed by atoms with Gasteiger partial charge in [0.25, 0.3) is 5.91 Å². The van der Waals surface area contributed by atoms with Crippen LogP contribution in [0.25, 0.3) is 0 Å². The van der Waals surface area contributed by atoms with Crippen molar-refractivity contribution in [1.29, 1.82) is 0 Å². The molecule has 0 radical (unpaired) electrons. The Hall–Kier alpha value is -4.19. The summed E-state index contributed by atoms with van der Waals surface area (Å²) in [6.07, 6.45) is 4.85. The highest BCUT2D eigenvalue weighted by Crippen LogP contribution is 2.36. The maximum absolute atomic E-state index is 13.7. The minimum absolute atomic E-state index is 0.120. The summed E-state index contributed by atoms with van der Waals surface area (Å²) in [5.41, 5.74) is 1.05. The van der Waals surface area contributed by atoms with E-state index in [1.807, 2.05) is 6.92 Å². The van der Waals surface area contributed by atoms with Crippen LogP contribution in [0.1, 0.15) is 56.3 Å². The van der Waals surface area contributed by atoms with Gasteiger partial charge >= 0.3 is 12.1 Å². The average molecular weight is 596 g/mol. The van der Waals surface area contributed by atoms with Gasteiger partial charge in [-0.05, 0) is 44.0 Å². The zero-order valence-corrected chi connectivity index (χ0v) is 24.9. The molecule has 0 saturated heterocycles. The Morgan fingerprint density at radius 1 is 1.09 bits per heavy atom. The molecule has 0 aromatic heterocycles. The van der Waals surface area contributed by atoms with E-state index in [2.05, 4.69) is 16.0 Å². The van der Waals surface area contributed by atoms with Crippen LogP contribution in [0.4, 0.5) is 21.0 Å². The van der Waals surface area contributed by atoms with Crippen LogP contribution in [0.2, 0.25) is 0 Å². The van der Waals surface area contributed by atoms with Crippen molar-refractivity contribution in [2.75, 3.05) is 44.2 Å². The number of carbonyl (C=O) groups excluding carboxylic acids is 3. The number of carbonyl (C=O) groups is 3. The summed E-state index contributed by atoms with van der Waals surface area (Å²) in [6.45, 7) is 4.23. The van der Waals surface area contributed by atoms with Crippen LogP contribution >= 0.6 is 0 Å². The van der Waals surface area contributed by atoms with E-state index in [4.69, 9.17) is 14.2 Å². The van der Waals surface area contributed by atoms with Gasteiger partial charge in [0.2, 0.25) is 6.79 Å². The second-order valence-electron chi connectivity index (χ2n) is 11.6. The third-order valence-electron chi connectivity index (χ3n) is 8.30. The molecule has 0 spiro atoms. The minimum Gasteiger partial charge on any atom is -0.485 e. The molecule has 0 bridgehead atoms. The number of nitrogens with one attached hydrogen (secondary N) is 3. The monoisotopic (exact) mass is 595 g/mol. The first kappa shape index (κ1) is 30.3. The van der Waals surface area contributed by atoms with Crippen molar-refractivity contribution in [3.63, 3.8) is 0 Å². The number of likely N-dealkylation sites (N-methyl/N-ethyl adjacent to an activating group) is 1. The van der Waals surface area contributed by atoms with E-state index in [-0.39, 0.29) is 55.2 Å². The van der Waals surface area contributed by atoms with E-state index in [1.54, 1.807) is 60.2 Å². The normalized spacial score (nSPS) is 20.7. The molecule has 3 atom stereocenters. The van der Waals surface area contributed by atoms with Crippen molar-refractivity contribution in [2.24, 2.45) is 5.92 Å². The second kappa shape index (κ2) is 13.4. The summed E-state index contributed by atoms with van der Waals surface area (Å²) >= 11 is 0. The quantitative estimate of drug-likeness (QED) is 0.375. The van der Waals surface area contributed by atoms with Gasteiger partial charge in [0.15, 0.2) is 17.2 Å². The molecule has 1 saturated carbocycles. The highest BCUT2D eigenvalue weighted by Gasteiger charge is 2.35. The number of urea groups is 2. The summed E-state index contributed by atoms with van der Waals surface area (Å²) in [4.78, 5) is 43.2. The molecular weight excluding hydrogens is 554 g/mol. The number of hydrogen-bond donors (Lipinski definition) is 4. The van der Waals surface area contributed by atoms with Gasteiger partial charge in [-0.1, -0.05) is 32.3 Å². The number of amides is 5. The van der Waals surface area contributed by atoms with Crippen molar-refractivity contribution >= 4 is 29.3 Å². The predicted molar refractivity (Wildman–Crippen MR) is 161 cm³/mol. The van der Waals surface area contributed by atoms with Crippen molar-refractivity contribution in [2.45, 2.75) is 64.1 Å². The van der Waals surface area contributed by atoms with Gasteiger partial charge in [-0.3, -0.25) is 4.79 Å². The van der Waals surface area contributed by atoms with Crippen molar-refractivity contribution in [3.8, 4) is 17.2 Å². The molecule has 2 aliphatic heterocycles. The molecule has 2 aromatic carbocycles. The lowest BCUT2D eigenvalue weighted by Crippen LogP contribution is -2.52. The maximum atomic E-state index is 13.7. The molecule has 12 nitrogen and oxygen atoms in total. The number of ether oxygens (including phenoxy) is 3. The number of para-hydroxylation sites is 1. The van der Waals surface area contributed by atoms with Gasteiger partial charge in [-0.15, -0.1) is 0 Å². The first-order valence-electron chi connectivity index (χ1n) is 14.9. The second-order valence-corrected chi connectivity index (χ2v) is 11.6. The van der Waals surface area contributed by atoms with Crippen molar-refractivity contribution in [3.05, 3.63) is 42.0 Å². The highest BCUT2D eigenvalue weighted by atomic mass is 16.7. The fourth-order valence-electron chi connectivity index (χ4n) is 5.70. The van der Waals surface area contributed by atoms with Crippen LogP contribution in [-0.4, -0.2) is 84.6 Å². The Kier molecular flexibility index (Phi) is 9.44. The van der Waals surface area contributed by atoms with Gasteiger partial charge in [0.05, 0.1) is 30.4 Å². The molecule has 2 aromatic rings. The first-order chi connectivity index (χ1) is 20.7. The van der Waals surface area contributed by atoms with Crippen LogP contribution in [-0.2, 0) is 0 Å². The number of aliphatic hydroxyl groups excluding tert-OH is 1. The Morgan fingerprint density at radius 3 is 2.63 bits per heavy atom. The van der Waals surface area contributed by atoms with Crippen LogP contribution in [0.5, 0.6) is 17.2 Å². The fourth-order valence-corrected chi connectivity index (χ4v) is 5.70. The summed E-state index contributed by atoms with van der Waals surface area (Å²) in [5, 5.41) is 18.7. The van der Waals surface area contributed by atoms with E-state index in [1.165, 1.54) is 6.42 Å². The fraction of sp³-hybridized carbons (Fsp3) is 0.516. The molecule has 3 aliphatic rings. The van der Waals surface area contributed by atoms with Gasteiger partial charge in [-0.2, -0.15) is 0 Å². The van der Waals surface area contributed by atoms with E-state index in [0.717, 1.165) is 25.7 Å². The largest absolute Gasteiger partial charge is 0.485 e. The average Bonchev–Trinajstić information content (AvgIpc) is 3.47. The molecule has 1 aliphatic carbocycles. The van der Waals surface area contributed by atoms with E-state index in [9.17, 15) is 19.5 Å². The lowest BCUT2D eigenvalue weighted by Gasteiger charge is -2.38. The Balaban J connectivity index is 1.38. The Labute approximate surface area is 251 Å². The maximum Gasteiger partial charge on any atom is 0.323 e. The molecule has 4 N–H and O–H groups in total. The smallest absolute Gasteiger partial charge is 0.323 e. The number of aliphatic hydroxyl groups is 1. The van der Waals surface area contributed by atoms with Crippen LogP contribution in [0, 0.1) is 5.92 Å². The number of rotatable bonds is 7. The van der Waals surface area contributed by atoms with Gasteiger partial charge in [0, 0.05) is 37.3 Å². The summed E-state index contributed by atoms with van der Waals surface area (Å²) in [7, 11) is 1.73. The first-order valence-corrected chi connectivity index (χ1v) is 14.9. The summed E-state index contributed by atoms with van der Waals surface area (Å²) in [5.74, 6) is 0.822. The Morgan fingerprint density at radius 2 is 1.86 bits per heavy atom. The highest BCUT2D eigenvalue weighted by molar-refractivity contribution is 6.04. The van der Waals surface area contributed by atoms with E-state index < -0.39 is 18.2 Å². The van der Waals surface area contributed by atoms with Crippen molar-refractivity contribution in [1.82, 2.24) is 15.1 Å². The van der Waals surface area contributed by atoms with E-state index in [0.29, 0.717) is 29.4 Å². The predicted octanol–water partition coefficient (Wildman–Crippen LogP) is 4.25. The zero-order valence-electron chi connectivity index (χ0n) is 24.9. The molecular formula is C31H41N5O7. The molecule has 0 unspecified atom stereocenters. The van der Waals surface area contributed by atoms with Crippen LogP contribution in [0.15, 0.2) is 36.4 Å². The van der Waals surface area contributed by atoms with Gasteiger partial charge < -0.3 is 45.1 Å². The molecule has 5 amide bonds. The molecule has 12 heteroatoms. The van der Waals surface area contributed by atoms with Gasteiger partial charge in [0.1, 0.15) is 6.10 Å². The minimum atomic E-state index is -0.542. The third kappa shape index (κ3) is 7.07. The van der Waals surface area contributed by atoms with Gasteiger partial charge in [-0.25, -0.2) is 9.59 Å². The number of benzene rings is 2. The molecule has 43 heavy (non-hydrogen) atoms. The summed E-state index contributed by atoms with van der Waals surface area (Å²) in [6, 6.07) is 9.05. The molecule has 1 fully saturated rings. The molecule has 232 valence electrons. The lowest BCUT2D eigenvalue weighted by atomic mass is 9.96. The van der Waals surface area contributed by atoms with Crippen LogP contribution in [0.3, 0.4) is 0 Å². The standard InChI is InChI=1S/C31H41N5O7/c1-19-15-36(20(2)17-37)29(38)23-10-7-11-24(34-30(39)32-22-12-13-25-26(14-22)42-18-41-25)28(23)43-27(19)16-35(3)31(40)33-21-8-5-4-6-9-21/h7,10-14,19-21,27,37H,4-6,8-9,15-18H2,1-3H3,(H,33,40)(H2,32,34,39)/t19-,20-,27-/m0/s1. The topological polar surface area (TPSA) is 142 Å². The number of hydrogen-bond acceptors (Lipinski definition) is 7. The zero-order chi connectivity index (χ0) is 30.5. The number of anilines is 2. The number of nitrogens with zero attached hydrogens (tertiary/aromatic N) is 2. The van der Waals surface area contributed by atoms with E-state index >= 15 is 0 Å². The number of fused-ring (bicyclic) bond motifs is 2. The van der Waals surface area contributed by atoms with Crippen molar-refractivity contribution < 1.29 is 33.7 Å². The SMILES string of the molecule is C[C@H]1CN([C@@H](C)CO)C(=O)c2cccc(NC(=O)Nc3ccc4c(c3)OCO4)c2O[C@H]1CN(C)C(=O)NC1CCCCC1.